The van der Waals surface area contributed by atoms with E-state index in [-0.39, 0.29) is 11.7 Å². The molecule has 1 atom stereocenters. The van der Waals surface area contributed by atoms with Gasteiger partial charge in [0, 0.05) is 20.2 Å². The fraction of sp³-hybridized carbons (Fsp3) is 0.500. The standard InChI is InChI=1S/C14H18FNO2/c1-9-6-12(15)7-11-4-5-16(8-13(9)11)14(17)10(2)18-3/h6-7,10H,4-5,8H2,1-3H3/t10-/m0/s1. The number of fused-ring (bicyclic) bond motifs is 1. The predicted molar refractivity (Wildman–Crippen MR) is 66.7 cm³/mol. The topological polar surface area (TPSA) is 29.5 Å². The molecular formula is C14H18FNO2. The summed E-state index contributed by atoms with van der Waals surface area (Å²) in [7, 11) is 1.53. The van der Waals surface area contributed by atoms with Crippen LogP contribution < -0.4 is 0 Å². The molecule has 4 heteroatoms. The van der Waals surface area contributed by atoms with Gasteiger partial charge in [0.05, 0.1) is 0 Å². The molecule has 0 spiro atoms. The van der Waals surface area contributed by atoms with Crippen LogP contribution in [0.4, 0.5) is 4.39 Å². The van der Waals surface area contributed by atoms with E-state index in [0.717, 1.165) is 16.7 Å². The third-order valence-corrected chi connectivity index (χ3v) is 3.54. The minimum Gasteiger partial charge on any atom is -0.372 e. The normalized spacial score (nSPS) is 16.3. The van der Waals surface area contributed by atoms with Gasteiger partial charge in [0.25, 0.3) is 5.91 Å². The number of nitrogens with zero attached hydrogens (tertiary/aromatic N) is 1. The van der Waals surface area contributed by atoms with Gasteiger partial charge in [0.2, 0.25) is 0 Å². The molecule has 2 rings (SSSR count). The number of hydrogen-bond acceptors (Lipinski definition) is 2. The number of ether oxygens (including phenoxy) is 1. The molecule has 0 saturated heterocycles. The zero-order valence-electron chi connectivity index (χ0n) is 11.0. The fourth-order valence-electron chi connectivity index (χ4n) is 2.36. The maximum Gasteiger partial charge on any atom is 0.251 e. The van der Waals surface area contributed by atoms with Crippen molar-refractivity contribution in [1.82, 2.24) is 4.90 Å². The Morgan fingerprint density at radius 1 is 1.50 bits per heavy atom. The number of halogens is 1. The van der Waals surface area contributed by atoms with Gasteiger partial charge in [0.1, 0.15) is 11.9 Å². The van der Waals surface area contributed by atoms with Crippen LogP contribution in [0, 0.1) is 12.7 Å². The molecule has 0 saturated carbocycles. The fourth-order valence-corrected chi connectivity index (χ4v) is 2.36. The van der Waals surface area contributed by atoms with Gasteiger partial charge in [-0.15, -0.1) is 0 Å². The van der Waals surface area contributed by atoms with Crippen LogP contribution in [-0.2, 0) is 22.5 Å². The molecule has 1 aliphatic heterocycles. The van der Waals surface area contributed by atoms with E-state index in [1.54, 1.807) is 17.9 Å². The molecule has 18 heavy (non-hydrogen) atoms. The summed E-state index contributed by atoms with van der Waals surface area (Å²) in [6.07, 6.45) is 0.281. The Hall–Kier alpha value is -1.42. The monoisotopic (exact) mass is 251 g/mol. The molecule has 0 unspecified atom stereocenters. The van der Waals surface area contributed by atoms with Crippen molar-refractivity contribution in [1.29, 1.82) is 0 Å². The first kappa shape index (κ1) is 13.0. The zero-order valence-corrected chi connectivity index (χ0v) is 11.0. The molecule has 1 aliphatic rings. The molecule has 3 nitrogen and oxygen atoms in total. The van der Waals surface area contributed by atoms with E-state index in [2.05, 4.69) is 0 Å². The van der Waals surface area contributed by atoms with Crippen LogP contribution >= 0.6 is 0 Å². The lowest BCUT2D eigenvalue weighted by molar-refractivity contribution is -0.141. The zero-order chi connectivity index (χ0) is 13.3. The first-order chi connectivity index (χ1) is 8.52. The molecule has 0 bridgehead atoms. The van der Waals surface area contributed by atoms with E-state index in [9.17, 15) is 9.18 Å². The van der Waals surface area contributed by atoms with Gasteiger partial charge in [0.15, 0.2) is 0 Å². The lowest BCUT2D eigenvalue weighted by Crippen LogP contribution is -2.42. The minimum absolute atomic E-state index is 0.00752. The second-order valence-corrected chi connectivity index (χ2v) is 4.75. The summed E-state index contributed by atoms with van der Waals surface area (Å²) >= 11 is 0. The largest absolute Gasteiger partial charge is 0.372 e. The number of rotatable bonds is 2. The second-order valence-electron chi connectivity index (χ2n) is 4.75. The summed E-state index contributed by atoms with van der Waals surface area (Å²) in [6.45, 7) is 4.81. The Morgan fingerprint density at radius 2 is 2.22 bits per heavy atom. The number of methoxy groups -OCH3 is 1. The average Bonchev–Trinajstić information content (AvgIpc) is 2.36. The lowest BCUT2D eigenvalue weighted by atomic mass is 9.95. The maximum atomic E-state index is 13.3. The van der Waals surface area contributed by atoms with Gasteiger partial charge in [-0.25, -0.2) is 4.39 Å². The van der Waals surface area contributed by atoms with Crippen molar-refractivity contribution in [2.75, 3.05) is 13.7 Å². The molecule has 1 aromatic rings. The maximum absolute atomic E-state index is 13.3. The Labute approximate surface area is 107 Å². The van der Waals surface area contributed by atoms with Gasteiger partial charge >= 0.3 is 0 Å². The van der Waals surface area contributed by atoms with Gasteiger partial charge in [-0.1, -0.05) is 0 Å². The van der Waals surface area contributed by atoms with Crippen molar-refractivity contribution < 1.29 is 13.9 Å². The Balaban J connectivity index is 2.22. The van der Waals surface area contributed by atoms with Gasteiger partial charge < -0.3 is 9.64 Å². The number of amides is 1. The summed E-state index contributed by atoms with van der Waals surface area (Å²) in [5.41, 5.74) is 2.99. The van der Waals surface area contributed by atoms with Crippen LogP contribution in [0.15, 0.2) is 12.1 Å². The lowest BCUT2D eigenvalue weighted by Gasteiger charge is -2.31. The summed E-state index contributed by atoms with van der Waals surface area (Å²) in [5, 5.41) is 0. The minimum atomic E-state index is -0.424. The van der Waals surface area contributed by atoms with E-state index in [4.69, 9.17) is 4.74 Å². The van der Waals surface area contributed by atoms with Crippen molar-refractivity contribution in [3.63, 3.8) is 0 Å². The number of carbonyl (C=O) groups excluding carboxylic acids is 1. The summed E-state index contributed by atoms with van der Waals surface area (Å²) in [5.74, 6) is -0.205. The van der Waals surface area contributed by atoms with Gasteiger partial charge in [-0.2, -0.15) is 0 Å². The van der Waals surface area contributed by atoms with Crippen LogP contribution in [-0.4, -0.2) is 30.6 Å². The molecule has 0 aliphatic carbocycles. The highest BCUT2D eigenvalue weighted by atomic mass is 19.1. The average molecular weight is 251 g/mol. The third kappa shape index (κ3) is 2.38. The number of hydrogen-bond donors (Lipinski definition) is 0. The highest BCUT2D eigenvalue weighted by molar-refractivity contribution is 5.80. The SMILES string of the molecule is CO[C@@H](C)C(=O)N1CCc2cc(F)cc(C)c2C1. The van der Waals surface area contributed by atoms with Crippen LogP contribution in [0.25, 0.3) is 0 Å². The summed E-state index contributed by atoms with van der Waals surface area (Å²) < 4.78 is 18.3. The molecular weight excluding hydrogens is 233 g/mol. The van der Waals surface area contributed by atoms with E-state index >= 15 is 0 Å². The number of carbonyl (C=O) groups is 1. The number of benzene rings is 1. The Bertz CT molecular complexity index is 473. The van der Waals surface area contributed by atoms with Crippen molar-refractivity contribution >= 4 is 5.91 Å². The second kappa shape index (κ2) is 5.06. The van der Waals surface area contributed by atoms with E-state index in [1.807, 2.05) is 6.92 Å². The van der Waals surface area contributed by atoms with Crippen LogP contribution in [0.3, 0.4) is 0 Å². The van der Waals surface area contributed by atoms with Crippen LogP contribution in [0.2, 0.25) is 0 Å². The van der Waals surface area contributed by atoms with Gasteiger partial charge in [-0.05, 0) is 49.1 Å². The van der Waals surface area contributed by atoms with E-state index in [0.29, 0.717) is 19.5 Å². The molecule has 0 N–H and O–H groups in total. The summed E-state index contributed by atoms with van der Waals surface area (Å²) in [6, 6.07) is 3.09. The molecule has 1 amide bonds. The molecule has 0 radical (unpaired) electrons. The smallest absolute Gasteiger partial charge is 0.251 e. The van der Waals surface area contributed by atoms with Crippen LogP contribution in [0.1, 0.15) is 23.6 Å². The van der Waals surface area contributed by atoms with Gasteiger partial charge in [-0.3, -0.25) is 4.79 Å². The first-order valence-electron chi connectivity index (χ1n) is 6.12. The quantitative estimate of drug-likeness (QED) is 0.805. The predicted octanol–water partition coefficient (Wildman–Crippen LogP) is 2.05. The Morgan fingerprint density at radius 3 is 2.89 bits per heavy atom. The van der Waals surface area contributed by atoms with Crippen molar-refractivity contribution in [2.24, 2.45) is 0 Å². The van der Waals surface area contributed by atoms with E-state index in [1.165, 1.54) is 13.2 Å². The van der Waals surface area contributed by atoms with E-state index < -0.39 is 6.10 Å². The first-order valence-corrected chi connectivity index (χ1v) is 6.12. The van der Waals surface area contributed by atoms with Crippen molar-refractivity contribution in [3.8, 4) is 0 Å². The molecule has 98 valence electrons. The molecule has 1 heterocycles. The van der Waals surface area contributed by atoms with Crippen molar-refractivity contribution in [3.05, 3.63) is 34.6 Å². The third-order valence-electron chi connectivity index (χ3n) is 3.54. The number of aryl methyl sites for hydroxylation is 1. The summed E-state index contributed by atoms with van der Waals surface area (Å²) in [4.78, 5) is 13.8. The van der Waals surface area contributed by atoms with Crippen molar-refractivity contribution in [2.45, 2.75) is 32.9 Å². The highest BCUT2D eigenvalue weighted by Crippen LogP contribution is 2.24. The Kier molecular flexibility index (Phi) is 3.66. The van der Waals surface area contributed by atoms with Crippen LogP contribution in [0.5, 0.6) is 0 Å². The molecule has 1 aromatic carbocycles. The highest BCUT2D eigenvalue weighted by Gasteiger charge is 2.25. The molecule has 0 aromatic heterocycles. The molecule has 0 fully saturated rings.